The van der Waals surface area contributed by atoms with Crippen LogP contribution in [0.3, 0.4) is 0 Å². The third-order valence-corrected chi connectivity index (χ3v) is 5.44. The predicted octanol–water partition coefficient (Wildman–Crippen LogP) is 4.12. The van der Waals surface area contributed by atoms with Gasteiger partial charge in [0.15, 0.2) is 5.13 Å². The Bertz CT molecular complexity index is 682. The quantitative estimate of drug-likeness (QED) is 0.864. The number of nitrogens with zero attached hydrogens (tertiary/aromatic N) is 2. The Kier molecular flexibility index (Phi) is 3.99. The molecule has 0 radical (unpaired) electrons. The number of halogens is 1. The molecular formula is C15H15BrN2O2S. The van der Waals surface area contributed by atoms with Crippen molar-refractivity contribution in [1.29, 1.82) is 0 Å². The van der Waals surface area contributed by atoms with E-state index in [1.54, 1.807) is 0 Å². The third-order valence-electron chi connectivity index (χ3n) is 3.49. The van der Waals surface area contributed by atoms with E-state index >= 15 is 0 Å². The summed E-state index contributed by atoms with van der Waals surface area (Å²) in [6.07, 6.45) is 2.11. The van der Waals surface area contributed by atoms with Crippen LogP contribution in [0.25, 0.3) is 0 Å². The average molecular weight is 367 g/mol. The van der Waals surface area contributed by atoms with Gasteiger partial charge in [-0.3, -0.25) is 0 Å². The lowest BCUT2D eigenvalue weighted by atomic mass is 10.2. The molecular weight excluding hydrogens is 352 g/mol. The zero-order valence-corrected chi connectivity index (χ0v) is 13.9. The average Bonchev–Trinajstić information content (AvgIpc) is 3.19. The van der Waals surface area contributed by atoms with Crippen LogP contribution >= 0.6 is 27.3 Å². The highest BCUT2D eigenvalue weighted by molar-refractivity contribution is 9.10. The van der Waals surface area contributed by atoms with Crippen molar-refractivity contribution in [3.63, 3.8) is 0 Å². The molecule has 110 valence electrons. The molecule has 1 saturated carbocycles. The first kappa shape index (κ1) is 14.5. The minimum absolute atomic E-state index is 0.345. The first-order chi connectivity index (χ1) is 10.1. The second-order valence-corrected chi connectivity index (χ2v) is 7.07. The normalized spacial score (nSPS) is 14.2. The minimum Gasteiger partial charge on any atom is -0.477 e. The Morgan fingerprint density at radius 2 is 2.19 bits per heavy atom. The van der Waals surface area contributed by atoms with Gasteiger partial charge < -0.3 is 10.0 Å². The van der Waals surface area contributed by atoms with Crippen LogP contribution in [-0.2, 0) is 6.54 Å². The van der Waals surface area contributed by atoms with E-state index in [-0.39, 0.29) is 0 Å². The van der Waals surface area contributed by atoms with Crippen molar-refractivity contribution >= 4 is 38.4 Å². The van der Waals surface area contributed by atoms with E-state index in [9.17, 15) is 9.90 Å². The summed E-state index contributed by atoms with van der Waals surface area (Å²) < 4.78 is 1.05. The van der Waals surface area contributed by atoms with E-state index in [1.165, 1.54) is 11.3 Å². The molecule has 0 spiro atoms. The molecule has 2 aromatic rings. The summed E-state index contributed by atoms with van der Waals surface area (Å²) in [5, 5.41) is 10.1. The second-order valence-electron chi connectivity index (χ2n) is 5.24. The number of hydrogen-bond acceptors (Lipinski definition) is 4. The van der Waals surface area contributed by atoms with Gasteiger partial charge >= 0.3 is 5.97 Å². The van der Waals surface area contributed by atoms with Gasteiger partial charge in [0.25, 0.3) is 0 Å². The van der Waals surface area contributed by atoms with Crippen LogP contribution < -0.4 is 4.90 Å². The van der Waals surface area contributed by atoms with Crippen molar-refractivity contribution in [2.45, 2.75) is 25.3 Å². The van der Waals surface area contributed by atoms with E-state index < -0.39 is 5.97 Å². The van der Waals surface area contributed by atoms with E-state index in [1.807, 2.05) is 36.2 Å². The fraction of sp³-hybridized carbons (Fsp3) is 0.333. The lowest BCUT2D eigenvalue weighted by Gasteiger charge is -2.16. The lowest BCUT2D eigenvalue weighted by Crippen LogP contribution is -2.16. The SMILES string of the molecule is CN(Cc1ccccc1Br)c1nc(C2CC2)c(C(=O)O)s1. The summed E-state index contributed by atoms with van der Waals surface area (Å²) in [5.41, 5.74) is 1.92. The Morgan fingerprint density at radius 1 is 1.48 bits per heavy atom. The van der Waals surface area contributed by atoms with Crippen LogP contribution in [0, 0.1) is 0 Å². The maximum Gasteiger partial charge on any atom is 0.347 e. The summed E-state index contributed by atoms with van der Waals surface area (Å²) in [5.74, 6) is -0.520. The largest absolute Gasteiger partial charge is 0.477 e. The molecule has 4 nitrogen and oxygen atoms in total. The zero-order valence-electron chi connectivity index (χ0n) is 11.5. The first-order valence-corrected chi connectivity index (χ1v) is 8.35. The molecule has 0 amide bonds. The number of carboxylic acid groups (broad SMARTS) is 1. The predicted molar refractivity (Wildman–Crippen MR) is 87.3 cm³/mol. The topological polar surface area (TPSA) is 53.4 Å². The highest BCUT2D eigenvalue weighted by atomic mass is 79.9. The number of carboxylic acids is 1. The van der Waals surface area contributed by atoms with Crippen LogP contribution in [0.1, 0.15) is 39.7 Å². The summed E-state index contributed by atoms with van der Waals surface area (Å²) in [6.45, 7) is 0.693. The molecule has 1 fully saturated rings. The standard InChI is InChI=1S/C15H15BrN2O2S/c1-18(8-10-4-2-3-5-11(10)16)15-17-12(9-6-7-9)13(21-15)14(19)20/h2-5,9H,6-8H2,1H3,(H,19,20). The van der Waals surface area contributed by atoms with Gasteiger partial charge in [-0.05, 0) is 24.5 Å². The summed E-state index contributed by atoms with van der Waals surface area (Å²) in [6, 6.07) is 8.02. The van der Waals surface area contributed by atoms with Gasteiger partial charge in [-0.15, -0.1) is 0 Å². The molecule has 1 aromatic heterocycles. The van der Waals surface area contributed by atoms with Crippen LogP contribution in [0.4, 0.5) is 5.13 Å². The molecule has 21 heavy (non-hydrogen) atoms. The van der Waals surface area contributed by atoms with Crippen molar-refractivity contribution in [1.82, 2.24) is 4.98 Å². The summed E-state index contributed by atoms with van der Waals surface area (Å²) >= 11 is 4.80. The minimum atomic E-state index is -0.866. The van der Waals surface area contributed by atoms with E-state index in [0.29, 0.717) is 17.3 Å². The van der Waals surface area contributed by atoms with Gasteiger partial charge in [-0.25, -0.2) is 9.78 Å². The van der Waals surface area contributed by atoms with Gasteiger partial charge in [0.1, 0.15) is 4.88 Å². The number of thiazole rings is 1. The molecule has 0 atom stereocenters. The van der Waals surface area contributed by atoms with E-state index in [4.69, 9.17) is 0 Å². The number of rotatable bonds is 5. The molecule has 0 aliphatic heterocycles. The molecule has 0 bridgehead atoms. The fourth-order valence-corrected chi connectivity index (χ4v) is 3.58. The van der Waals surface area contributed by atoms with Crippen molar-refractivity contribution < 1.29 is 9.90 Å². The van der Waals surface area contributed by atoms with Crippen molar-refractivity contribution in [3.05, 3.63) is 44.9 Å². The van der Waals surface area contributed by atoms with Crippen LogP contribution in [0.5, 0.6) is 0 Å². The number of anilines is 1. The summed E-state index contributed by atoms with van der Waals surface area (Å²) in [7, 11) is 1.95. The molecule has 1 aromatic carbocycles. The third kappa shape index (κ3) is 3.11. The van der Waals surface area contributed by atoms with Crippen molar-refractivity contribution in [2.24, 2.45) is 0 Å². The molecule has 1 aliphatic carbocycles. The number of carbonyl (C=O) groups is 1. The number of aromatic carboxylic acids is 1. The van der Waals surface area contributed by atoms with Crippen LogP contribution in [-0.4, -0.2) is 23.1 Å². The smallest absolute Gasteiger partial charge is 0.347 e. The summed E-state index contributed by atoms with van der Waals surface area (Å²) in [4.78, 5) is 18.3. The van der Waals surface area contributed by atoms with Crippen LogP contribution in [0.2, 0.25) is 0 Å². The number of hydrogen-bond donors (Lipinski definition) is 1. The molecule has 0 saturated heterocycles. The molecule has 3 rings (SSSR count). The van der Waals surface area contributed by atoms with Crippen molar-refractivity contribution in [2.75, 3.05) is 11.9 Å². The fourth-order valence-electron chi connectivity index (χ4n) is 2.22. The van der Waals surface area contributed by atoms with Gasteiger partial charge in [0.05, 0.1) is 5.69 Å². The maximum atomic E-state index is 11.3. The molecule has 6 heteroatoms. The molecule has 0 unspecified atom stereocenters. The van der Waals surface area contributed by atoms with E-state index in [0.717, 1.165) is 33.7 Å². The van der Waals surface area contributed by atoms with E-state index in [2.05, 4.69) is 20.9 Å². The monoisotopic (exact) mass is 366 g/mol. The van der Waals surface area contributed by atoms with Gasteiger partial charge in [-0.1, -0.05) is 45.5 Å². The lowest BCUT2D eigenvalue weighted by molar-refractivity contribution is 0.0700. The van der Waals surface area contributed by atoms with Gasteiger partial charge in [0.2, 0.25) is 0 Å². The highest BCUT2D eigenvalue weighted by Crippen LogP contribution is 2.44. The van der Waals surface area contributed by atoms with Crippen molar-refractivity contribution in [3.8, 4) is 0 Å². The molecule has 1 aliphatic rings. The Balaban J connectivity index is 1.84. The Labute approximate surface area is 135 Å². The number of benzene rings is 1. The van der Waals surface area contributed by atoms with Gasteiger partial charge in [-0.2, -0.15) is 0 Å². The highest BCUT2D eigenvalue weighted by Gasteiger charge is 2.32. The zero-order chi connectivity index (χ0) is 15.0. The molecule has 1 N–H and O–H groups in total. The second kappa shape index (κ2) is 5.77. The first-order valence-electron chi connectivity index (χ1n) is 6.75. The maximum absolute atomic E-state index is 11.3. The number of aromatic nitrogens is 1. The Hall–Kier alpha value is -1.40. The van der Waals surface area contributed by atoms with Gasteiger partial charge in [0, 0.05) is 24.0 Å². The molecule has 1 heterocycles. The van der Waals surface area contributed by atoms with Crippen LogP contribution in [0.15, 0.2) is 28.7 Å². The Morgan fingerprint density at radius 3 is 2.81 bits per heavy atom.